The molecule has 1 aromatic heterocycles. The smallest absolute Gasteiger partial charge is 0.191 e. The first-order chi connectivity index (χ1) is 10.7. The summed E-state index contributed by atoms with van der Waals surface area (Å²) in [5, 5.41) is 8.30. The zero-order valence-corrected chi connectivity index (χ0v) is 14.0. The molecule has 118 valence electrons. The molecule has 2 heterocycles. The fourth-order valence-electron chi connectivity index (χ4n) is 2.42. The van der Waals surface area contributed by atoms with Crippen LogP contribution in [0, 0.1) is 0 Å². The Bertz CT molecular complexity index is 667. The summed E-state index contributed by atoms with van der Waals surface area (Å²) in [7, 11) is 1.77. The Kier molecular flexibility index (Phi) is 5.12. The van der Waals surface area contributed by atoms with Gasteiger partial charge < -0.3 is 15.4 Å². The van der Waals surface area contributed by atoms with Crippen LogP contribution in [0.2, 0.25) is 5.02 Å². The Labute approximate surface area is 138 Å². The molecule has 1 atom stereocenters. The lowest BCUT2D eigenvalue weighted by atomic mass is 10.2. The Balaban J connectivity index is 1.54. The van der Waals surface area contributed by atoms with Crippen molar-refractivity contribution in [1.29, 1.82) is 0 Å². The van der Waals surface area contributed by atoms with Gasteiger partial charge in [-0.15, -0.1) is 11.3 Å². The van der Waals surface area contributed by atoms with E-state index >= 15 is 0 Å². The highest BCUT2D eigenvalue weighted by atomic mass is 35.5. The third kappa shape index (κ3) is 3.88. The lowest BCUT2D eigenvalue weighted by Gasteiger charge is -2.14. The van der Waals surface area contributed by atoms with Gasteiger partial charge in [-0.05, 0) is 31.0 Å². The molecule has 0 aliphatic carbocycles. The third-order valence-electron chi connectivity index (χ3n) is 3.55. The van der Waals surface area contributed by atoms with Crippen LogP contribution in [0.4, 0.5) is 0 Å². The largest absolute Gasteiger partial charge is 0.376 e. The average Bonchev–Trinajstić information content (AvgIpc) is 3.16. The van der Waals surface area contributed by atoms with E-state index in [2.05, 4.69) is 20.6 Å². The number of halogens is 1. The molecule has 0 saturated carbocycles. The van der Waals surface area contributed by atoms with Crippen molar-refractivity contribution < 1.29 is 4.74 Å². The molecular formula is C15H19ClN4OS. The topological polar surface area (TPSA) is 58.5 Å². The molecule has 1 saturated heterocycles. The van der Waals surface area contributed by atoms with Crippen LogP contribution >= 0.6 is 22.9 Å². The van der Waals surface area contributed by atoms with Crippen LogP contribution in [0.3, 0.4) is 0 Å². The highest BCUT2D eigenvalue weighted by molar-refractivity contribution is 7.18. The van der Waals surface area contributed by atoms with Gasteiger partial charge in [-0.3, -0.25) is 4.99 Å². The third-order valence-corrected chi connectivity index (χ3v) is 4.82. The van der Waals surface area contributed by atoms with Crippen LogP contribution in [0.15, 0.2) is 23.2 Å². The van der Waals surface area contributed by atoms with Crippen LogP contribution in [-0.2, 0) is 11.3 Å². The predicted molar refractivity (Wildman–Crippen MR) is 91.8 cm³/mol. The summed E-state index contributed by atoms with van der Waals surface area (Å²) in [5.74, 6) is 0.771. The number of guanidine groups is 1. The molecule has 5 nitrogen and oxygen atoms in total. The highest BCUT2D eigenvalue weighted by Crippen LogP contribution is 2.24. The van der Waals surface area contributed by atoms with E-state index in [4.69, 9.17) is 16.3 Å². The summed E-state index contributed by atoms with van der Waals surface area (Å²) >= 11 is 7.65. The number of hydrogen-bond acceptors (Lipinski definition) is 4. The number of nitrogens with one attached hydrogen (secondary N) is 2. The molecule has 1 aliphatic heterocycles. The van der Waals surface area contributed by atoms with Crippen molar-refractivity contribution in [3.63, 3.8) is 0 Å². The lowest BCUT2D eigenvalue weighted by Crippen LogP contribution is -2.40. The van der Waals surface area contributed by atoms with Crippen molar-refractivity contribution >= 4 is 39.1 Å². The molecule has 0 amide bonds. The molecule has 22 heavy (non-hydrogen) atoms. The van der Waals surface area contributed by atoms with Gasteiger partial charge in [0.2, 0.25) is 0 Å². The Morgan fingerprint density at radius 1 is 1.50 bits per heavy atom. The Morgan fingerprint density at radius 3 is 3.18 bits per heavy atom. The number of benzene rings is 1. The second kappa shape index (κ2) is 7.26. The maximum Gasteiger partial charge on any atom is 0.191 e. The number of hydrogen-bond donors (Lipinski definition) is 2. The summed E-state index contributed by atoms with van der Waals surface area (Å²) < 4.78 is 6.74. The van der Waals surface area contributed by atoms with Gasteiger partial charge in [0.05, 0.1) is 22.9 Å². The van der Waals surface area contributed by atoms with E-state index in [9.17, 15) is 0 Å². The van der Waals surface area contributed by atoms with Gasteiger partial charge in [-0.1, -0.05) is 11.6 Å². The molecule has 1 fully saturated rings. The first kappa shape index (κ1) is 15.5. The molecule has 0 spiro atoms. The van der Waals surface area contributed by atoms with Gasteiger partial charge in [0.25, 0.3) is 0 Å². The van der Waals surface area contributed by atoms with E-state index in [1.54, 1.807) is 18.4 Å². The minimum Gasteiger partial charge on any atom is -0.376 e. The van der Waals surface area contributed by atoms with E-state index in [1.165, 1.54) is 0 Å². The quantitative estimate of drug-likeness (QED) is 0.665. The number of fused-ring (bicyclic) bond motifs is 1. The fourth-order valence-corrected chi connectivity index (χ4v) is 3.47. The van der Waals surface area contributed by atoms with Crippen LogP contribution < -0.4 is 10.6 Å². The van der Waals surface area contributed by atoms with Crippen molar-refractivity contribution in [3.8, 4) is 0 Å². The van der Waals surface area contributed by atoms with E-state index in [-0.39, 0.29) is 0 Å². The SMILES string of the molecule is CN=C(NCc1nc2cc(Cl)ccc2s1)NCC1CCCO1. The number of aromatic nitrogens is 1. The molecule has 0 radical (unpaired) electrons. The minimum absolute atomic E-state index is 0.295. The standard InChI is InChI=1S/C15H19ClN4OS/c1-17-15(18-8-11-3-2-6-21-11)19-9-14-20-12-7-10(16)4-5-13(12)22-14/h4-5,7,11H,2-3,6,8-9H2,1H3,(H2,17,18,19). The number of nitrogens with zero attached hydrogens (tertiary/aromatic N) is 2. The summed E-state index contributed by atoms with van der Waals surface area (Å²) in [5.41, 5.74) is 0.941. The second-order valence-electron chi connectivity index (χ2n) is 5.16. The molecule has 0 bridgehead atoms. The van der Waals surface area contributed by atoms with Crippen LogP contribution in [0.1, 0.15) is 17.8 Å². The molecular weight excluding hydrogens is 320 g/mol. The minimum atomic E-state index is 0.295. The van der Waals surface area contributed by atoms with Crippen molar-refractivity contribution in [2.24, 2.45) is 4.99 Å². The molecule has 2 N–H and O–H groups in total. The first-order valence-electron chi connectivity index (χ1n) is 7.35. The maximum absolute atomic E-state index is 5.99. The van der Waals surface area contributed by atoms with E-state index < -0.39 is 0 Å². The van der Waals surface area contributed by atoms with E-state index in [0.29, 0.717) is 17.7 Å². The molecule has 1 unspecified atom stereocenters. The van der Waals surface area contributed by atoms with Crippen molar-refractivity contribution in [2.45, 2.75) is 25.5 Å². The molecule has 7 heteroatoms. The van der Waals surface area contributed by atoms with E-state index in [1.807, 2.05) is 18.2 Å². The normalized spacial score (nSPS) is 18.8. The maximum atomic E-state index is 5.99. The average molecular weight is 339 g/mol. The lowest BCUT2D eigenvalue weighted by molar-refractivity contribution is 0.114. The van der Waals surface area contributed by atoms with Gasteiger partial charge in [-0.25, -0.2) is 4.98 Å². The molecule has 2 aromatic rings. The second-order valence-corrected chi connectivity index (χ2v) is 6.71. The zero-order valence-electron chi connectivity index (χ0n) is 12.4. The highest BCUT2D eigenvalue weighted by Gasteiger charge is 2.15. The van der Waals surface area contributed by atoms with Gasteiger partial charge in [-0.2, -0.15) is 0 Å². The van der Waals surface area contributed by atoms with Gasteiger partial charge in [0.15, 0.2) is 5.96 Å². The van der Waals surface area contributed by atoms with E-state index in [0.717, 1.165) is 47.2 Å². The molecule has 3 rings (SSSR count). The van der Waals surface area contributed by atoms with Crippen LogP contribution in [-0.4, -0.2) is 37.2 Å². The monoisotopic (exact) mass is 338 g/mol. The molecule has 1 aliphatic rings. The number of thiazole rings is 1. The van der Waals surface area contributed by atoms with Gasteiger partial charge >= 0.3 is 0 Å². The summed E-state index contributed by atoms with van der Waals surface area (Å²) in [6.07, 6.45) is 2.55. The van der Waals surface area contributed by atoms with Gasteiger partial charge in [0.1, 0.15) is 5.01 Å². The number of ether oxygens (including phenoxy) is 1. The van der Waals surface area contributed by atoms with Crippen molar-refractivity contribution in [2.75, 3.05) is 20.2 Å². The van der Waals surface area contributed by atoms with Crippen molar-refractivity contribution in [1.82, 2.24) is 15.6 Å². The zero-order chi connectivity index (χ0) is 15.4. The first-order valence-corrected chi connectivity index (χ1v) is 8.55. The van der Waals surface area contributed by atoms with Crippen molar-refractivity contribution in [3.05, 3.63) is 28.2 Å². The summed E-state index contributed by atoms with van der Waals surface area (Å²) in [6.45, 7) is 2.30. The number of rotatable bonds is 4. The Morgan fingerprint density at radius 2 is 2.41 bits per heavy atom. The van der Waals surface area contributed by atoms with Crippen LogP contribution in [0.5, 0.6) is 0 Å². The Hall–Kier alpha value is -1.37. The van der Waals surface area contributed by atoms with Crippen LogP contribution in [0.25, 0.3) is 10.2 Å². The summed E-state index contributed by atoms with van der Waals surface area (Å²) in [4.78, 5) is 8.81. The molecule has 1 aromatic carbocycles. The van der Waals surface area contributed by atoms with Gasteiger partial charge in [0, 0.05) is 25.2 Å². The predicted octanol–water partition coefficient (Wildman–Crippen LogP) is 2.79. The summed E-state index contributed by atoms with van der Waals surface area (Å²) in [6, 6.07) is 5.78. The fraction of sp³-hybridized carbons (Fsp3) is 0.467. The number of aliphatic imine (C=N–C) groups is 1.